The van der Waals surface area contributed by atoms with Crippen LogP contribution < -0.4 is 8.92 Å². The van der Waals surface area contributed by atoms with Crippen LogP contribution in [0.3, 0.4) is 0 Å². The van der Waals surface area contributed by atoms with Gasteiger partial charge in [-0.2, -0.15) is 8.42 Å². The largest absolute Gasteiger partial charge is 0.494 e. The van der Waals surface area contributed by atoms with Crippen LogP contribution in [0, 0.1) is 0 Å². The van der Waals surface area contributed by atoms with Crippen molar-refractivity contribution in [3.8, 4) is 22.6 Å². The molecular formula is C26H28O6S2. The van der Waals surface area contributed by atoms with Crippen LogP contribution >= 0.6 is 11.8 Å². The second kappa shape index (κ2) is 11.0. The van der Waals surface area contributed by atoms with E-state index >= 15 is 0 Å². The van der Waals surface area contributed by atoms with Gasteiger partial charge in [0, 0.05) is 4.90 Å². The van der Waals surface area contributed by atoms with E-state index in [0.717, 1.165) is 40.9 Å². The highest BCUT2D eigenvalue weighted by Crippen LogP contribution is 2.33. The number of ether oxygens (including phenoxy) is 1. The van der Waals surface area contributed by atoms with Gasteiger partial charge >= 0.3 is 16.1 Å². The van der Waals surface area contributed by atoms with Gasteiger partial charge in [-0.3, -0.25) is 4.79 Å². The second-order valence-electron chi connectivity index (χ2n) is 8.35. The van der Waals surface area contributed by atoms with E-state index in [-0.39, 0.29) is 0 Å². The lowest BCUT2D eigenvalue weighted by Crippen LogP contribution is -2.26. The van der Waals surface area contributed by atoms with E-state index in [2.05, 4.69) is 12.1 Å². The molecule has 1 N–H and O–H groups in total. The summed E-state index contributed by atoms with van der Waals surface area (Å²) in [5, 5.41) is 9.24. The Morgan fingerprint density at radius 3 is 1.94 bits per heavy atom. The lowest BCUT2D eigenvalue weighted by Gasteiger charge is -2.18. The number of hydrogen-bond donors (Lipinski definition) is 1. The van der Waals surface area contributed by atoms with E-state index in [1.807, 2.05) is 48.5 Å². The maximum absolute atomic E-state index is 11.3. The minimum absolute atomic E-state index is 0.292. The van der Waals surface area contributed by atoms with Gasteiger partial charge in [-0.25, -0.2) is 0 Å². The predicted octanol–water partition coefficient (Wildman–Crippen LogP) is 5.66. The van der Waals surface area contributed by atoms with Crippen molar-refractivity contribution in [1.82, 2.24) is 0 Å². The van der Waals surface area contributed by atoms with Crippen molar-refractivity contribution < 1.29 is 27.2 Å². The van der Waals surface area contributed by atoms with E-state index in [9.17, 15) is 18.3 Å². The van der Waals surface area contributed by atoms with Gasteiger partial charge in [-0.1, -0.05) is 36.4 Å². The molecule has 0 aliphatic carbocycles. The monoisotopic (exact) mass is 500 g/mol. The highest BCUT2D eigenvalue weighted by molar-refractivity contribution is 8.01. The van der Waals surface area contributed by atoms with Crippen LogP contribution in [-0.2, 0) is 21.3 Å². The van der Waals surface area contributed by atoms with E-state index in [1.54, 1.807) is 26.0 Å². The van der Waals surface area contributed by atoms with Gasteiger partial charge in [-0.05, 0) is 79.8 Å². The number of hydrogen-bond acceptors (Lipinski definition) is 6. The molecule has 0 spiro atoms. The number of aryl methyl sites for hydroxylation is 1. The molecule has 3 aromatic rings. The molecule has 0 heterocycles. The van der Waals surface area contributed by atoms with Gasteiger partial charge in [0.05, 0.1) is 12.9 Å². The van der Waals surface area contributed by atoms with Gasteiger partial charge in [-0.15, -0.1) is 11.8 Å². The highest BCUT2D eigenvalue weighted by Gasteiger charge is 2.28. The fraction of sp³-hybridized carbons (Fsp3) is 0.269. The average molecular weight is 501 g/mol. The lowest BCUT2D eigenvalue weighted by atomic mass is 10.0. The maximum atomic E-state index is 11.3. The minimum Gasteiger partial charge on any atom is -0.494 e. The molecule has 0 unspecified atom stereocenters. The van der Waals surface area contributed by atoms with Crippen LogP contribution in [0.4, 0.5) is 0 Å². The molecule has 0 aliphatic heterocycles. The Morgan fingerprint density at radius 2 is 1.41 bits per heavy atom. The number of aliphatic carboxylic acids is 1. The van der Waals surface area contributed by atoms with Crippen LogP contribution in [0.15, 0.2) is 77.7 Å². The van der Waals surface area contributed by atoms with Crippen LogP contribution in [0.25, 0.3) is 11.1 Å². The molecule has 6 nitrogen and oxygen atoms in total. The fourth-order valence-corrected chi connectivity index (χ4v) is 4.56. The van der Waals surface area contributed by atoms with Gasteiger partial charge in [0.25, 0.3) is 0 Å². The molecule has 0 amide bonds. The van der Waals surface area contributed by atoms with Gasteiger partial charge in [0.2, 0.25) is 0 Å². The lowest BCUT2D eigenvalue weighted by molar-refractivity contribution is -0.138. The van der Waals surface area contributed by atoms with Crippen molar-refractivity contribution in [2.24, 2.45) is 0 Å². The molecule has 0 atom stereocenters. The summed E-state index contributed by atoms with van der Waals surface area (Å²) in [5.41, 5.74) is 3.21. The van der Waals surface area contributed by atoms with Crippen molar-refractivity contribution in [3.63, 3.8) is 0 Å². The SMILES string of the molecule is CC(C)(Sc1ccc(OCCCc2ccc(-c3ccc(OS(C)(=O)=O)cc3)cc2)cc1)C(=O)O. The summed E-state index contributed by atoms with van der Waals surface area (Å²) in [6, 6.07) is 22.6. The highest BCUT2D eigenvalue weighted by atomic mass is 32.2. The van der Waals surface area contributed by atoms with E-state index in [0.29, 0.717) is 12.4 Å². The molecule has 0 fully saturated rings. The zero-order chi connectivity index (χ0) is 24.8. The van der Waals surface area contributed by atoms with Crippen molar-refractivity contribution in [1.29, 1.82) is 0 Å². The third kappa shape index (κ3) is 7.81. The van der Waals surface area contributed by atoms with Gasteiger partial charge in [0.1, 0.15) is 16.2 Å². The zero-order valence-corrected chi connectivity index (χ0v) is 21.0. The van der Waals surface area contributed by atoms with Crippen LogP contribution in [0.2, 0.25) is 0 Å². The molecule has 0 bridgehead atoms. The van der Waals surface area contributed by atoms with Crippen LogP contribution in [0.1, 0.15) is 25.8 Å². The third-order valence-electron chi connectivity index (χ3n) is 4.98. The number of benzene rings is 3. The molecule has 34 heavy (non-hydrogen) atoms. The molecule has 0 saturated heterocycles. The van der Waals surface area contributed by atoms with Crippen molar-refractivity contribution in [3.05, 3.63) is 78.4 Å². The summed E-state index contributed by atoms with van der Waals surface area (Å²) in [6.07, 6.45) is 2.76. The van der Waals surface area contributed by atoms with E-state index in [4.69, 9.17) is 8.92 Å². The quantitative estimate of drug-likeness (QED) is 0.206. The smallest absolute Gasteiger partial charge is 0.319 e. The normalized spacial score (nSPS) is 11.7. The van der Waals surface area contributed by atoms with Crippen molar-refractivity contribution in [2.75, 3.05) is 12.9 Å². The summed E-state index contributed by atoms with van der Waals surface area (Å²) in [6.45, 7) is 3.95. The number of rotatable bonds is 11. The van der Waals surface area contributed by atoms with Crippen molar-refractivity contribution >= 4 is 27.8 Å². The first-order chi connectivity index (χ1) is 16.0. The molecule has 8 heteroatoms. The summed E-state index contributed by atoms with van der Waals surface area (Å²) in [4.78, 5) is 12.1. The Morgan fingerprint density at radius 1 is 0.882 bits per heavy atom. The summed E-state index contributed by atoms with van der Waals surface area (Å²) in [5.74, 6) is 0.208. The molecule has 0 saturated carbocycles. The number of carboxylic acid groups (broad SMARTS) is 1. The molecule has 180 valence electrons. The zero-order valence-electron chi connectivity index (χ0n) is 19.4. The Labute approximate surface area is 205 Å². The Balaban J connectivity index is 1.45. The van der Waals surface area contributed by atoms with Crippen molar-refractivity contribution in [2.45, 2.75) is 36.3 Å². The first kappa shape index (κ1) is 25.6. The molecule has 0 aromatic heterocycles. The van der Waals surface area contributed by atoms with Crippen LogP contribution in [0.5, 0.6) is 11.5 Å². The topological polar surface area (TPSA) is 89.9 Å². The average Bonchev–Trinajstić information content (AvgIpc) is 2.77. The summed E-state index contributed by atoms with van der Waals surface area (Å²) < 4.78 is 32.2. The Hall–Kier alpha value is -2.97. The molecule has 0 aliphatic rings. The molecule has 0 radical (unpaired) electrons. The van der Waals surface area contributed by atoms with Gasteiger partial charge in [0.15, 0.2) is 0 Å². The summed E-state index contributed by atoms with van der Waals surface area (Å²) in [7, 11) is -3.53. The number of carboxylic acids is 1. The maximum Gasteiger partial charge on any atom is 0.319 e. The van der Waals surface area contributed by atoms with Gasteiger partial charge < -0.3 is 14.0 Å². The fourth-order valence-electron chi connectivity index (χ4n) is 3.15. The second-order valence-corrected chi connectivity index (χ2v) is 11.6. The van der Waals surface area contributed by atoms with E-state index < -0.39 is 20.8 Å². The Bertz CT molecular complexity index is 1200. The third-order valence-corrected chi connectivity index (χ3v) is 6.67. The summed E-state index contributed by atoms with van der Waals surface area (Å²) >= 11 is 1.30. The molecular weight excluding hydrogens is 472 g/mol. The molecule has 3 rings (SSSR count). The van der Waals surface area contributed by atoms with Crippen LogP contribution in [-0.4, -0.2) is 37.1 Å². The Kier molecular flexibility index (Phi) is 8.28. The minimum atomic E-state index is -3.53. The van der Waals surface area contributed by atoms with E-state index in [1.165, 1.54) is 17.3 Å². The first-order valence-corrected chi connectivity index (χ1v) is 13.4. The first-order valence-electron chi connectivity index (χ1n) is 10.8. The number of thioether (sulfide) groups is 1. The number of carbonyl (C=O) groups is 1. The predicted molar refractivity (Wildman–Crippen MR) is 135 cm³/mol. The standard InChI is InChI=1S/C26H28O6S2/c1-26(2,25(27)28)33-24-16-14-22(15-17-24)31-18-4-5-19-6-8-20(9-7-19)21-10-12-23(13-11-21)32-34(3,29)30/h6-17H,4-5,18H2,1-3H3,(H,27,28). The molecule has 3 aromatic carbocycles.